The lowest BCUT2D eigenvalue weighted by molar-refractivity contribution is -0.174. The van der Waals surface area contributed by atoms with Crippen molar-refractivity contribution in [1.82, 2.24) is 0 Å². The summed E-state index contributed by atoms with van der Waals surface area (Å²) in [6.07, 6.45) is 0. The van der Waals surface area contributed by atoms with E-state index in [9.17, 15) is 13.6 Å². The van der Waals surface area contributed by atoms with Crippen molar-refractivity contribution in [2.45, 2.75) is 18.9 Å². The maximum Gasteiger partial charge on any atom is 0.379 e. The molecule has 8 heteroatoms. The molecule has 0 aromatic heterocycles. The van der Waals surface area contributed by atoms with Gasteiger partial charge in [0.2, 0.25) is 0 Å². The van der Waals surface area contributed by atoms with Crippen molar-refractivity contribution in [3.8, 4) is 5.75 Å². The number of hydrogen-bond donors (Lipinski definition) is 1. The van der Waals surface area contributed by atoms with E-state index in [4.69, 9.17) is 22.1 Å². The summed E-state index contributed by atoms with van der Waals surface area (Å²) in [5.41, 5.74) is 5.46. The molecule has 0 unspecified atom stereocenters. The van der Waals surface area contributed by atoms with E-state index in [1.54, 1.807) is 0 Å². The largest absolute Gasteiger partial charge is 0.495 e. The topological polar surface area (TPSA) is 61.5 Å². The molecule has 0 saturated heterocycles. The molecule has 0 spiro atoms. The fraction of sp³-hybridized carbons (Fsp3) is 0.417. The molecule has 0 aliphatic heterocycles. The quantitative estimate of drug-likeness (QED) is 0.843. The van der Waals surface area contributed by atoms with E-state index in [1.807, 2.05) is 0 Å². The van der Waals surface area contributed by atoms with E-state index in [-0.39, 0.29) is 35.3 Å². The molecule has 1 aromatic carbocycles. The van der Waals surface area contributed by atoms with Crippen LogP contribution in [0.5, 0.6) is 5.75 Å². The Hall–Kier alpha value is -1.11. The zero-order chi connectivity index (χ0) is 14.6. The molecule has 0 amide bonds. The molecule has 0 radical (unpaired) electrons. The summed E-state index contributed by atoms with van der Waals surface area (Å²) in [4.78, 5) is 11.2. The molecule has 20 heavy (non-hydrogen) atoms. The van der Waals surface area contributed by atoms with E-state index < -0.39 is 17.9 Å². The van der Waals surface area contributed by atoms with E-state index in [1.165, 1.54) is 32.2 Å². The van der Waals surface area contributed by atoms with Crippen LogP contribution in [0, 0.1) is 0 Å². The minimum atomic E-state index is -3.82. The third-order valence-corrected chi connectivity index (χ3v) is 2.78. The Balaban J connectivity index is 0.00000361. The third kappa shape index (κ3) is 3.94. The third-order valence-electron chi connectivity index (χ3n) is 2.47. The minimum Gasteiger partial charge on any atom is -0.495 e. The number of methoxy groups -OCH3 is 1. The number of carbonyl (C=O) groups excluding carboxylic acids is 1. The highest BCUT2D eigenvalue weighted by atomic mass is 35.5. The summed E-state index contributed by atoms with van der Waals surface area (Å²) < 4.78 is 36.7. The van der Waals surface area contributed by atoms with E-state index in [2.05, 4.69) is 4.74 Å². The molecule has 1 rings (SSSR count). The van der Waals surface area contributed by atoms with Crippen LogP contribution in [-0.4, -0.2) is 25.6 Å². The molecule has 0 heterocycles. The van der Waals surface area contributed by atoms with Crippen molar-refractivity contribution >= 4 is 30.0 Å². The van der Waals surface area contributed by atoms with Crippen LogP contribution in [0.2, 0.25) is 5.02 Å². The van der Waals surface area contributed by atoms with Gasteiger partial charge in [-0.2, -0.15) is 8.78 Å². The Morgan fingerprint density at radius 1 is 1.50 bits per heavy atom. The summed E-state index contributed by atoms with van der Waals surface area (Å²) in [6.45, 7) is 1.29. The second-order valence-corrected chi connectivity index (χ2v) is 4.12. The average Bonchev–Trinajstić information content (AvgIpc) is 2.38. The lowest BCUT2D eigenvalue weighted by Gasteiger charge is -2.22. The Morgan fingerprint density at radius 2 is 2.10 bits per heavy atom. The highest BCUT2D eigenvalue weighted by Crippen LogP contribution is 2.34. The molecule has 1 aromatic rings. The van der Waals surface area contributed by atoms with Crippen molar-refractivity contribution in [2.75, 3.05) is 13.7 Å². The van der Waals surface area contributed by atoms with Crippen LogP contribution in [0.1, 0.15) is 18.5 Å². The van der Waals surface area contributed by atoms with Crippen LogP contribution < -0.4 is 10.5 Å². The summed E-state index contributed by atoms with van der Waals surface area (Å²) in [6, 6.07) is 2.11. The Morgan fingerprint density at radius 3 is 2.60 bits per heavy atom. The monoisotopic (exact) mass is 329 g/mol. The van der Waals surface area contributed by atoms with Gasteiger partial charge in [0.05, 0.1) is 18.7 Å². The van der Waals surface area contributed by atoms with Crippen molar-refractivity contribution in [2.24, 2.45) is 5.73 Å². The number of ether oxygens (including phenoxy) is 2. The van der Waals surface area contributed by atoms with Gasteiger partial charge in [0.25, 0.3) is 0 Å². The molecule has 0 aliphatic rings. The number of benzene rings is 1. The Kier molecular flexibility index (Phi) is 7.19. The molecular formula is C12H15Cl2F2NO3. The Bertz CT molecular complexity index is 472. The maximum atomic E-state index is 13.7. The van der Waals surface area contributed by atoms with E-state index >= 15 is 0 Å². The van der Waals surface area contributed by atoms with Gasteiger partial charge in [0, 0.05) is 0 Å². The zero-order valence-corrected chi connectivity index (χ0v) is 12.4. The molecule has 0 aliphatic carbocycles. The minimum absolute atomic E-state index is 0. The summed E-state index contributed by atoms with van der Waals surface area (Å²) >= 11 is 5.78. The van der Waals surface area contributed by atoms with Gasteiger partial charge in [0.1, 0.15) is 11.8 Å². The maximum absolute atomic E-state index is 13.7. The number of rotatable bonds is 5. The lowest BCUT2D eigenvalue weighted by Crippen LogP contribution is -2.41. The fourth-order valence-corrected chi connectivity index (χ4v) is 1.63. The van der Waals surface area contributed by atoms with Gasteiger partial charge in [-0.05, 0) is 24.6 Å². The highest BCUT2D eigenvalue weighted by molar-refractivity contribution is 6.32. The molecule has 114 valence electrons. The molecule has 0 saturated carbocycles. The number of halogens is 4. The van der Waals surface area contributed by atoms with Gasteiger partial charge in [-0.1, -0.05) is 17.7 Å². The average molecular weight is 330 g/mol. The number of hydrogen-bond acceptors (Lipinski definition) is 4. The highest BCUT2D eigenvalue weighted by Gasteiger charge is 2.47. The van der Waals surface area contributed by atoms with Crippen LogP contribution >= 0.6 is 24.0 Å². The van der Waals surface area contributed by atoms with Crippen molar-refractivity contribution in [3.05, 3.63) is 28.8 Å². The molecule has 2 N–H and O–H groups in total. The number of alkyl halides is 2. The van der Waals surface area contributed by atoms with Crippen LogP contribution in [0.3, 0.4) is 0 Å². The van der Waals surface area contributed by atoms with Crippen molar-refractivity contribution < 1.29 is 23.0 Å². The smallest absolute Gasteiger partial charge is 0.379 e. The second-order valence-electron chi connectivity index (χ2n) is 3.72. The van der Waals surface area contributed by atoms with Gasteiger partial charge in [0.15, 0.2) is 0 Å². The standard InChI is InChI=1S/C12H14ClF2NO3.ClH/c1-3-19-11(17)12(14,15)10(16)7-4-5-8(13)9(6-7)18-2;/h4-6,10H,3,16H2,1-2H3;1H/t10-;/m1./s1. The number of esters is 1. The first-order valence-corrected chi connectivity index (χ1v) is 5.86. The van der Waals surface area contributed by atoms with Crippen molar-refractivity contribution in [1.29, 1.82) is 0 Å². The summed E-state index contributed by atoms with van der Waals surface area (Å²) in [5.74, 6) is -5.28. The second kappa shape index (κ2) is 7.61. The molecule has 0 bridgehead atoms. The molecule has 0 fully saturated rings. The molecule has 4 nitrogen and oxygen atoms in total. The molecular weight excluding hydrogens is 315 g/mol. The van der Waals surface area contributed by atoms with Gasteiger partial charge in [-0.15, -0.1) is 12.4 Å². The van der Waals surface area contributed by atoms with Gasteiger partial charge in [-0.3, -0.25) is 0 Å². The summed E-state index contributed by atoms with van der Waals surface area (Å²) in [7, 11) is 1.35. The predicted molar refractivity (Wildman–Crippen MR) is 73.8 cm³/mol. The van der Waals surface area contributed by atoms with Gasteiger partial charge in [-0.25, -0.2) is 4.79 Å². The lowest BCUT2D eigenvalue weighted by atomic mass is 10.0. The molecule has 1 atom stereocenters. The van der Waals surface area contributed by atoms with Gasteiger partial charge < -0.3 is 15.2 Å². The number of carbonyl (C=O) groups is 1. The predicted octanol–water partition coefficient (Wildman–Crippen LogP) is 2.97. The fourth-order valence-electron chi connectivity index (χ4n) is 1.43. The zero-order valence-electron chi connectivity index (χ0n) is 10.9. The van der Waals surface area contributed by atoms with E-state index in [0.29, 0.717) is 0 Å². The van der Waals surface area contributed by atoms with Crippen molar-refractivity contribution in [3.63, 3.8) is 0 Å². The summed E-state index contributed by atoms with van der Waals surface area (Å²) in [5, 5.41) is 0.262. The van der Waals surface area contributed by atoms with Crippen LogP contribution in [0.4, 0.5) is 8.78 Å². The van der Waals surface area contributed by atoms with Crippen LogP contribution in [0.15, 0.2) is 18.2 Å². The van der Waals surface area contributed by atoms with Crippen LogP contribution in [-0.2, 0) is 9.53 Å². The first kappa shape index (κ1) is 18.9. The SMILES string of the molecule is CCOC(=O)C(F)(F)[C@H](N)c1ccc(Cl)c(OC)c1.Cl. The first-order valence-electron chi connectivity index (χ1n) is 5.48. The normalized spacial score (nSPS) is 12.3. The van der Waals surface area contributed by atoms with Crippen LogP contribution in [0.25, 0.3) is 0 Å². The number of nitrogens with two attached hydrogens (primary N) is 1. The van der Waals surface area contributed by atoms with E-state index in [0.717, 1.165) is 0 Å². The van der Waals surface area contributed by atoms with Gasteiger partial charge >= 0.3 is 11.9 Å². The first-order chi connectivity index (χ1) is 8.84. The Labute approximate surface area is 126 Å².